The highest BCUT2D eigenvalue weighted by atomic mass is 16.6. The first-order valence-corrected chi connectivity index (χ1v) is 10.4. The molecule has 4 atom stereocenters. The van der Waals surface area contributed by atoms with Gasteiger partial charge in [0.25, 0.3) is 0 Å². The Labute approximate surface area is 177 Å². The average molecular weight is 417 g/mol. The third kappa shape index (κ3) is 3.79. The number of hydrogen-bond donors (Lipinski definition) is 2. The van der Waals surface area contributed by atoms with E-state index in [0.29, 0.717) is 13.1 Å². The van der Waals surface area contributed by atoms with Crippen molar-refractivity contribution in [2.75, 3.05) is 20.2 Å². The van der Waals surface area contributed by atoms with E-state index in [1.807, 2.05) is 62.2 Å². The van der Waals surface area contributed by atoms with Crippen molar-refractivity contribution >= 4 is 11.4 Å². The maximum absolute atomic E-state index is 13.0. The van der Waals surface area contributed by atoms with Crippen molar-refractivity contribution in [1.82, 2.24) is 19.6 Å². The van der Waals surface area contributed by atoms with Crippen molar-refractivity contribution in [3.63, 3.8) is 0 Å². The lowest BCUT2D eigenvalue weighted by Crippen LogP contribution is -2.46. The molecular formula is C22H32N4O4. The molecule has 2 aromatic rings. The lowest BCUT2D eigenvalue weighted by atomic mass is 10.0. The van der Waals surface area contributed by atoms with Gasteiger partial charge in [-0.3, -0.25) is 14.1 Å². The molecule has 2 N–H and O–H groups in total. The number of carbonyl (C=O) groups excluding carboxylic acids is 1. The van der Waals surface area contributed by atoms with Crippen molar-refractivity contribution in [3.05, 3.63) is 30.4 Å². The fourth-order valence-corrected chi connectivity index (χ4v) is 4.60. The summed E-state index contributed by atoms with van der Waals surface area (Å²) in [7, 11) is 1.63. The summed E-state index contributed by atoms with van der Waals surface area (Å²) in [6.45, 7) is 11.0. The quantitative estimate of drug-likeness (QED) is 0.700. The second-order valence-electron chi connectivity index (χ2n) is 9.89. The van der Waals surface area contributed by atoms with E-state index in [-0.39, 0.29) is 23.7 Å². The van der Waals surface area contributed by atoms with Crippen LogP contribution in [0.3, 0.4) is 0 Å². The van der Waals surface area contributed by atoms with E-state index in [2.05, 4.69) is 10.3 Å². The van der Waals surface area contributed by atoms with Crippen LogP contribution in [0.5, 0.6) is 5.75 Å². The van der Waals surface area contributed by atoms with Crippen LogP contribution < -0.4 is 10.1 Å². The van der Waals surface area contributed by atoms with Gasteiger partial charge < -0.3 is 19.9 Å². The minimum Gasteiger partial charge on any atom is -0.494 e. The molecule has 0 radical (unpaired) electrons. The normalized spacial score (nSPS) is 25.2. The van der Waals surface area contributed by atoms with E-state index in [0.717, 1.165) is 17.1 Å². The number of imidazole rings is 1. The average Bonchev–Trinajstić information content (AvgIpc) is 2.99. The topological polar surface area (TPSA) is 88.3 Å². The fraction of sp³-hybridized carbons (Fsp3) is 0.636. The molecule has 1 unspecified atom stereocenters. The van der Waals surface area contributed by atoms with Gasteiger partial charge in [-0.05, 0) is 58.6 Å². The van der Waals surface area contributed by atoms with Gasteiger partial charge in [-0.2, -0.15) is 0 Å². The number of amides is 1. The summed E-state index contributed by atoms with van der Waals surface area (Å²) in [5.74, 6) is 2.04. The minimum absolute atomic E-state index is 0.0249. The number of aromatic nitrogens is 2. The summed E-state index contributed by atoms with van der Waals surface area (Å²) in [6, 6.07) is 3.79. The van der Waals surface area contributed by atoms with Gasteiger partial charge in [0.1, 0.15) is 17.1 Å². The second kappa shape index (κ2) is 7.21. The molecule has 8 heteroatoms. The number of piperidine rings is 1. The van der Waals surface area contributed by atoms with Crippen molar-refractivity contribution in [2.24, 2.45) is 17.8 Å². The molecule has 2 aromatic heterocycles. The number of nitrogens with zero attached hydrogens (tertiary/aromatic N) is 3. The van der Waals surface area contributed by atoms with Crippen LogP contribution in [0.4, 0.5) is 0 Å². The molecule has 0 aromatic carbocycles. The predicted octanol–water partition coefficient (Wildman–Crippen LogP) is 1.96. The smallest absolute Gasteiger partial charge is 0.224 e. The summed E-state index contributed by atoms with van der Waals surface area (Å²) in [4.78, 5) is 19.5. The molecule has 1 aliphatic heterocycles. The Morgan fingerprint density at radius 2 is 1.93 bits per heavy atom. The Balaban J connectivity index is 1.40. The number of hydrogen-bond acceptors (Lipinski definition) is 6. The molecule has 3 heterocycles. The van der Waals surface area contributed by atoms with Crippen molar-refractivity contribution in [3.8, 4) is 5.75 Å². The van der Waals surface area contributed by atoms with Gasteiger partial charge in [0.05, 0.1) is 24.4 Å². The van der Waals surface area contributed by atoms with E-state index in [1.165, 1.54) is 0 Å². The summed E-state index contributed by atoms with van der Waals surface area (Å²) in [5.41, 5.74) is -0.187. The fourth-order valence-electron chi connectivity index (χ4n) is 4.60. The van der Waals surface area contributed by atoms with E-state index >= 15 is 0 Å². The first kappa shape index (κ1) is 21.1. The van der Waals surface area contributed by atoms with Gasteiger partial charge in [0.15, 0.2) is 0 Å². The van der Waals surface area contributed by atoms with Crippen LogP contribution in [0.1, 0.15) is 40.4 Å². The molecule has 8 nitrogen and oxygen atoms in total. The minimum atomic E-state index is -0.927. The molecular weight excluding hydrogens is 384 g/mol. The van der Waals surface area contributed by atoms with Crippen LogP contribution in [0.15, 0.2) is 24.5 Å². The SMILES string of the molecule is COc1cccn2c(C(C)(C)NC(=O)[C@H]3[C@@H]4CN(C(O)OC(C)(C)C)C[C@@H]43)ncc12. The van der Waals surface area contributed by atoms with Crippen molar-refractivity contribution in [2.45, 2.75) is 52.2 Å². The number of fused-ring (bicyclic) bond motifs is 2. The number of nitrogens with one attached hydrogen (secondary N) is 1. The maximum Gasteiger partial charge on any atom is 0.224 e. The van der Waals surface area contributed by atoms with E-state index in [1.54, 1.807) is 13.3 Å². The second-order valence-corrected chi connectivity index (χ2v) is 9.89. The van der Waals surface area contributed by atoms with Gasteiger partial charge in [-0.25, -0.2) is 4.98 Å². The van der Waals surface area contributed by atoms with Crippen LogP contribution in [-0.2, 0) is 15.1 Å². The van der Waals surface area contributed by atoms with E-state index in [9.17, 15) is 9.90 Å². The van der Waals surface area contributed by atoms with Crippen LogP contribution in [0.25, 0.3) is 5.52 Å². The van der Waals surface area contributed by atoms with Gasteiger partial charge >= 0.3 is 0 Å². The molecule has 164 valence electrons. The number of carbonyl (C=O) groups is 1. The lowest BCUT2D eigenvalue weighted by molar-refractivity contribution is -0.236. The number of aliphatic hydroxyl groups is 1. The van der Waals surface area contributed by atoms with Crippen LogP contribution >= 0.6 is 0 Å². The third-order valence-electron chi connectivity index (χ3n) is 6.04. The standard InChI is InChI=1S/C22H32N4O4/c1-21(2,3)30-20(28)25-11-13-14(12-25)17(13)18(27)24-22(4,5)19-23-10-15-16(29-6)8-7-9-26(15)19/h7-10,13-14,17,20,28H,11-12H2,1-6H3,(H,24,27)/t13-,14+,17+,20?. The number of rotatable bonds is 6. The Morgan fingerprint density at radius 3 is 2.53 bits per heavy atom. The highest BCUT2D eigenvalue weighted by molar-refractivity contribution is 5.83. The Bertz CT molecular complexity index is 936. The third-order valence-corrected chi connectivity index (χ3v) is 6.04. The molecule has 4 rings (SSSR count). The first-order chi connectivity index (χ1) is 14.0. The summed E-state index contributed by atoms with van der Waals surface area (Å²) in [5, 5.41) is 13.5. The Morgan fingerprint density at radius 1 is 1.27 bits per heavy atom. The number of ether oxygens (including phenoxy) is 2. The molecule has 0 spiro atoms. The van der Waals surface area contributed by atoms with Gasteiger partial charge in [0.2, 0.25) is 12.3 Å². The van der Waals surface area contributed by atoms with Crippen LogP contribution in [-0.4, -0.2) is 57.5 Å². The molecule has 1 aliphatic carbocycles. The largest absolute Gasteiger partial charge is 0.494 e. The van der Waals surface area contributed by atoms with Crippen LogP contribution in [0, 0.1) is 17.8 Å². The summed E-state index contributed by atoms with van der Waals surface area (Å²) < 4.78 is 13.0. The van der Waals surface area contributed by atoms with Crippen LogP contribution in [0.2, 0.25) is 0 Å². The zero-order valence-electron chi connectivity index (χ0n) is 18.5. The number of aliphatic hydroxyl groups excluding tert-OH is 1. The molecule has 1 saturated carbocycles. The molecule has 2 fully saturated rings. The molecule has 1 amide bonds. The first-order valence-electron chi connectivity index (χ1n) is 10.4. The number of pyridine rings is 1. The molecule has 2 aliphatic rings. The highest BCUT2D eigenvalue weighted by Crippen LogP contribution is 2.52. The van der Waals surface area contributed by atoms with Crippen molar-refractivity contribution < 1.29 is 19.4 Å². The highest BCUT2D eigenvalue weighted by Gasteiger charge is 2.60. The maximum atomic E-state index is 13.0. The summed E-state index contributed by atoms with van der Waals surface area (Å²) >= 11 is 0. The van der Waals surface area contributed by atoms with Gasteiger partial charge in [-0.15, -0.1) is 0 Å². The zero-order valence-corrected chi connectivity index (χ0v) is 18.5. The predicted molar refractivity (Wildman–Crippen MR) is 112 cm³/mol. The Hall–Kier alpha value is -2.16. The molecule has 1 saturated heterocycles. The summed E-state index contributed by atoms with van der Waals surface area (Å²) in [6.07, 6.45) is 2.76. The van der Waals surface area contributed by atoms with Crippen molar-refractivity contribution in [1.29, 1.82) is 0 Å². The lowest BCUT2D eigenvalue weighted by Gasteiger charge is -2.31. The number of methoxy groups -OCH3 is 1. The van der Waals surface area contributed by atoms with E-state index in [4.69, 9.17) is 9.47 Å². The molecule has 0 bridgehead atoms. The zero-order chi connectivity index (χ0) is 21.8. The monoisotopic (exact) mass is 416 g/mol. The number of likely N-dealkylation sites (tertiary alicyclic amines) is 1. The Kier molecular flexibility index (Phi) is 5.07. The van der Waals surface area contributed by atoms with Gasteiger partial charge in [0, 0.05) is 25.2 Å². The van der Waals surface area contributed by atoms with Gasteiger partial charge in [-0.1, -0.05) is 0 Å². The van der Waals surface area contributed by atoms with E-state index < -0.39 is 17.6 Å². The molecule has 30 heavy (non-hydrogen) atoms.